The van der Waals surface area contributed by atoms with Crippen LogP contribution in [0, 0.1) is 29.1 Å². The van der Waals surface area contributed by atoms with Crippen molar-refractivity contribution in [2.45, 2.75) is 88.2 Å². The molecule has 2 heteroatoms. The lowest BCUT2D eigenvalue weighted by atomic mass is 9.87. The molecule has 0 saturated heterocycles. The van der Waals surface area contributed by atoms with Gasteiger partial charge in [-0.2, -0.15) is 0 Å². The minimum Gasteiger partial charge on any atom is -0.457 e. The fourth-order valence-corrected chi connectivity index (χ4v) is 3.37. The predicted molar refractivity (Wildman–Crippen MR) is 111 cm³/mol. The number of carbonyl (C=O) groups is 1. The minimum atomic E-state index is -0.278. The normalized spacial score (nSPS) is 22.3. The summed E-state index contributed by atoms with van der Waals surface area (Å²) < 4.78 is 5.80. The maximum absolute atomic E-state index is 12.7. The van der Waals surface area contributed by atoms with Crippen molar-refractivity contribution in [2.75, 3.05) is 0 Å². The molecule has 2 rings (SSSR count). The number of aryl methyl sites for hydroxylation is 1. The third-order valence-corrected chi connectivity index (χ3v) is 4.89. The largest absolute Gasteiger partial charge is 0.457 e. The van der Waals surface area contributed by atoms with Gasteiger partial charge in [0, 0.05) is 0 Å². The highest BCUT2D eigenvalue weighted by atomic mass is 16.5. The summed E-state index contributed by atoms with van der Waals surface area (Å²) in [5, 5.41) is 0. The number of benzene rings is 1. The fraction of sp³-hybridized carbons (Fsp3) is 0.708. The smallest absolute Gasteiger partial charge is 0.313 e. The Hall–Kier alpha value is -1.31. The van der Waals surface area contributed by atoms with Crippen molar-refractivity contribution in [3.8, 4) is 0 Å². The molecule has 0 N–H and O–H groups in total. The van der Waals surface area contributed by atoms with Crippen molar-refractivity contribution >= 4 is 5.97 Å². The average molecular weight is 361 g/mol. The Morgan fingerprint density at radius 3 is 1.85 bits per heavy atom. The number of ether oxygens (including phenoxy) is 1. The van der Waals surface area contributed by atoms with E-state index in [-0.39, 0.29) is 22.9 Å². The van der Waals surface area contributed by atoms with E-state index < -0.39 is 0 Å². The number of hydrogen-bond acceptors (Lipinski definition) is 2. The lowest BCUT2D eigenvalue weighted by Crippen LogP contribution is -2.26. The molecule has 2 nitrogen and oxygen atoms in total. The lowest BCUT2D eigenvalue weighted by molar-refractivity contribution is -0.157. The molecule has 0 bridgehead atoms. The molecule has 148 valence electrons. The second-order valence-electron chi connectivity index (χ2n) is 10.7. The zero-order valence-corrected chi connectivity index (χ0v) is 18.7. The Morgan fingerprint density at radius 1 is 1.08 bits per heavy atom. The first kappa shape index (κ1) is 22.7. The van der Waals surface area contributed by atoms with Crippen LogP contribution in [0.25, 0.3) is 0 Å². The van der Waals surface area contributed by atoms with E-state index >= 15 is 0 Å². The molecule has 0 aliphatic heterocycles. The number of carbonyl (C=O) groups excluding carboxylic acids is 1. The summed E-state index contributed by atoms with van der Waals surface area (Å²) in [5.41, 5.74) is 2.57. The molecule has 0 heterocycles. The van der Waals surface area contributed by atoms with Crippen LogP contribution in [-0.2, 0) is 9.53 Å². The van der Waals surface area contributed by atoms with Crippen molar-refractivity contribution in [1.29, 1.82) is 0 Å². The van der Waals surface area contributed by atoms with Crippen molar-refractivity contribution in [3.05, 3.63) is 35.4 Å². The standard InChI is InChI=1S/C19H28O2.C5H12/c1-13(2)11-19(12-18(19,5)6)17(20)21-15(4)16-9-7-14(3)8-10-16;1-5(2,3)4/h7-10,13,15H,11-12H2,1-6H3;1-4H3. The van der Waals surface area contributed by atoms with Crippen LogP contribution >= 0.6 is 0 Å². The highest BCUT2D eigenvalue weighted by molar-refractivity contribution is 5.82. The van der Waals surface area contributed by atoms with Gasteiger partial charge in [0.2, 0.25) is 0 Å². The summed E-state index contributed by atoms with van der Waals surface area (Å²) >= 11 is 0. The summed E-state index contributed by atoms with van der Waals surface area (Å²) in [7, 11) is 0. The summed E-state index contributed by atoms with van der Waals surface area (Å²) in [6, 6.07) is 8.20. The van der Waals surface area contributed by atoms with Gasteiger partial charge in [0.1, 0.15) is 6.10 Å². The SMILES string of the molecule is CC(C)(C)C.Cc1ccc(C(C)OC(=O)C2(CC(C)C)CC2(C)C)cc1. The first-order valence-electron chi connectivity index (χ1n) is 9.95. The minimum absolute atomic E-state index is 0.0192. The molecule has 0 amide bonds. The Labute approximate surface area is 161 Å². The van der Waals surface area contributed by atoms with Gasteiger partial charge in [0.15, 0.2) is 0 Å². The molecule has 1 aliphatic rings. The maximum Gasteiger partial charge on any atom is 0.313 e. The molecule has 26 heavy (non-hydrogen) atoms. The van der Waals surface area contributed by atoms with Gasteiger partial charge >= 0.3 is 5.97 Å². The maximum atomic E-state index is 12.7. The second kappa shape index (κ2) is 8.15. The third kappa shape index (κ3) is 6.45. The molecule has 1 aliphatic carbocycles. The number of rotatable bonds is 5. The molecule has 1 aromatic carbocycles. The van der Waals surface area contributed by atoms with E-state index in [2.05, 4.69) is 74.4 Å². The molecule has 1 fully saturated rings. The first-order chi connectivity index (χ1) is 11.7. The molecule has 2 unspecified atom stereocenters. The van der Waals surface area contributed by atoms with E-state index in [4.69, 9.17) is 4.74 Å². The molecular formula is C24H40O2. The second-order valence-corrected chi connectivity index (χ2v) is 10.7. The van der Waals surface area contributed by atoms with Gasteiger partial charge in [-0.1, -0.05) is 85.2 Å². The van der Waals surface area contributed by atoms with E-state index in [9.17, 15) is 4.79 Å². The first-order valence-corrected chi connectivity index (χ1v) is 9.95. The van der Waals surface area contributed by atoms with Gasteiger partial charge in [0.05, 0.1) is 5.41 Å². The average Bonchev–Trinajstić information content (AvgIpc) is 2.99. The van der Waals surface area contributed by atoms with Crippen LogP contribution in [0.1, 0.15) is 92.4 Å². The van der Waals surface area contributed by atoms with Crippen LogP contribution in [-0.4, -0.2) is 5.97 Å². The Balaban J connectivity index is 0.000000597. The van der Waals surface area contributed by atoms with Crippen LogP contribution in [0.4, 0.5) is 0 Å². The molecular weight excluding hydrogens is 320 g/mol. The number of esters is 1. The van der Waals surface area contributed by atoms with E-state index in [1.165, 1.54) is 5.56 Å². The van der Waals surface area contributed by atoms with Gasteiger partial charge < -0.3 is 4.74 Å². The highest BCUT2D eigenvalue weighted by Crippen LogP contribution is 2.67. The van der Waals surface area contributed by atoms with Crippen LogP contribution in [0.3, 0.4) is 0 Å². The van der Waals surface area contributed by atoms with Gasteiger partial charge in [-0.25, -0.2) is 0 Å². The van der Waals surface area contributed by atoms with E-state index in [1.807, 2.05) is 19.1 Å². The molecule has 0 aromatic heterocycles. The van der Waals surface area contributed by atoms with Crippen molar-refractivity contribution in [3.63, 3.8) is 0 Å². The topological polar surface area (TPSA) is 26.3 Å². The Morgan fingerprint density at radius 2 is 1.50 bits per heavy atom. The van der Waals surface area contributed by atoms with Crippen molar-refractivity contribution in [2.24, 2.45) is 22.2 Å². The summed E-state index contributed by atoms with van der Waals surface area (Å²) in [5.74, 6) is 0.489. The molecule has 0 spiro atoms. The molecule has 2 atom stereocenters. The van der Waals surface area contributed by atoms with Gasteiger partial charge in [-0.3, -0.25) is 4.79 Å². The van der Waals surface area contributed by atoms with Gasteiger partial charge in [0.25, 0.3) is 0 Å². The lowest BCUT2D eigenvalue weighted by Gasteiger charge is -2.24. The van der Waals surface area contributed by atoms with Gasteiger partial charge in [-0.05, 0) is 49.0 Å². The zero-order chi connectivity index (χ0) is 20.3. The fourth-order valence-electron chi connectivity index (χ4n) is 3.37. The van der Waals surface area contributed by atoms with E-state index in [0.29, 0.717) is 11.3 Å². The molecule has 1 saturated carbocycles. The zero-order valence-electron chi connectivity index (χ0n) is 18.7. The summed E-state index contributed by atoms with van der Waals surface area (Å²) in [6.07, 6.45) is 1.68. The molecule has 1 aromatic rings. The van der Waals surface area contributed by atoms with Crippen LogP contribution in [0.2, 0.25) is 0 Å². The third-order valence-electron chi connectivity index (χ3n) is 4.89. The van der Waals surface area contributed by atoms with Crippen molar-refractivity contribution in [1.82, 2.24) is 0 Å². The van der Waals surface area contributed by atoms with Crippen LogP contribution < -0.4 is 0 Å². The van der Waals surface area contributed by atoms with Gasteiger partial charge in [-0.15, -0.1) is 0 Å². The summed E-state index contributed by atoms with van der Waals surface area (Å²) in [6.45, 7) is 21.5. The molecule has 0 radical (unpaired) electrons. The summed E-state index contributed by atoms with van der Waals surface area (Å²) in [4.78, 5) is 12.7. The Kier molecular flexibility index (Phi) is 7.12. The quantitative estimate of drug-likeness (QED) is 0.523. The monoisotopic (exact) mass is 360 g/mol. The van der Waals surface area contributed by atoms with Crippen molar-refractivity contribution < 1.29 is 9.53 Å². The van der Waals surface area contributed by atoms with Crippen LogP contribution in [0.15, 0.2) is 24.3 Å². The van der Waals surface area contributed by atoms with Crippen LogP contribution in [0.5, 0.6) is 0 Å². The van der Waals surface area contributed by atoms with E-state index in [0.717, 1.165) is 18.4 Å². The highest BCUT2D eigenvalue weighted by Gasteiger charge is 2.67. The predicted octanol–water partition coefficient (Wildman–Crippen LogP) is 7.11. The number of hydrogen-bond donors (Lipinski definition) is 0. The Bertz CT molecular complexity index is 584. The van der Waals surface area contributed by atoms with E-state index in [1.54, 1.807) is 0 Å².